The Labute approximate surface area is 131 Å². The van der Waals surface area contributed by atoms with Gasteiger partial charge in [-0.05, 0) is 0 Å². The Bertz CT molecular complexity index is 588. The number of imide groups is 2. The standard InChI is InChI=1S/C13H17N3O7/c1-15-12(19)8(11(18)14-13(15)20)4-6-3-7(16(21)22)5-9(23-2)10(6)17/h4,6-7,9-10,17H,3,5H2,1-2H3,(H,14,18,20)/b8-4+. The van der Waals surface area contributed by atoms with Crippen molar-refractivity contribution in [3.05, 3.63) is 21.8 Å². The Morgan fingerprint density at radius 3 is 2.61 bits per heavy atom. The van der Waals surface area contributed by atoms with Gasteiger partial charge >= 0.3 is 6.03 Å². The lowest BCUT2D eigenvalue weighted by atomic mass is 9.80. The van der Waals surface area contributed by atoms with E-state index in [1.807, 2.05) is 5.32 Å². The summed E-state index contributed by atoms with van der Waals surface area (Å²) >= 11 is 0. The van der Waals surface area contributed by atoms with Gasteiger partial charge in [0.05, 0.1) is 12.2 Å². The number of ether oxygens (including phenoxy) is 1. The number of rotatable bonds is 3. The van der Waals surface area contributed by atoms with Crippen LogP contribution in [0.1, 0.15) is 12.8 Å². The second-order valence-corrected chi connectivity index (χ2v) is 5.54. The van der Waals surface area contributed by atoms with Gasteiger partial charge in [0.15, 0.2) is 0 Å². The zero-order valence-corrected chi connectivity index (χ0v) is 12.6. The first-order chi connectivity index (χ1) is 10.8. The number of carbonyl (C=O) groups excluding carboxylic acids is 3. The first-order valence-electron chi connectivity index (χ1n) is 6.95. The molecule has 23 heavy (non-hydrogen) atoms. The number of aliphatic hydroxyl groups excluding tert-OH is 1. The highest BCUT2D eigenvalue weighted by Crippen LogP contribution is 2.30. The van der Waals surface area contributed by atoms with Gasteiger partial charge in [-0.3, -0.25) is 29.9 Å². The number of likely N-dealkylation sites (N-methyl/N-ethyl adjacent to an activating group) is 1. The van der Waals surface area contributed by atoms with Crippen molar-refractivity contribution in [3.63, 3.8) is 0 Å². The third-order valence-corrected chi connectivity index (χ3v) is 4.15. The van der Waals surface area contributed by atoms with Crippen molar-refractivity contribution in [3.8, 4) is 0 Å². The fourth-order valence-corrected chi connectivity index (χ4v) is 2.79. The van der Waals surface area contributed by atoms with Gasteiger partial charge in [-0.1, -0.05) is 6.08 Å². The minimum Gasteiger partial charge on any atom is -0.390 e. The van der Waals surface area contributed by atoms with Gasteiger partial charge in [-0.25, -0.2) is 4.79 Å². The van der Waals surface area contributed by atoms with Crippen molar-refractivity contribution in [1.82, 2.24) is 10.2 Å². The van der Waals surface area contributed by atoms with Gasteiger partial charge < -0.3 is 9.84 Å². The van der Waals surface area contributed by atoms with Crippen molar-refractivity contribution < 1.29 is 29.2 Å². The molecule has 1 aliphatic carbocycles. The van der Waals surface area contributed by atoms with Crippen LogP contribution < -0.4 is 5.32 Å². The summed E-state index contributed by atoms with van der Waals surface area (Å²) in [6.45, 7) is 0. The van der Waals surface area contributed by atoms with Gasteiger partial charge in [0.2, 0.25) is 6.04 Å². The van der Waals surface area contributed by atoms with Crippen LogP contribution in [0.25, 0.3) is 0 Å². The molecule has 4 amide bonds. The van der Waals surface area contributed by atoms with Crippen LogP contribution in [0.4, 0.5) is 4.79 Å². The number of aliphatic hydroxyl groups is 1. The molecule has 10 heteroatoms. The molecule has 0 aromatic carbocycles. The number of amides is 4. The largest absolute Gasteiger partial charge is 0.390 e. The minimum absolute atomic E-state index is 0.0320. The molecule has 0 spiro atoms. The van der Waals surface area contributed by atoms with E-state index in [0.717, 1.165) is 4.90 Å². The molecular formula is C13H17N3O7. The molecule has 0 bridgehead atoms. The lowest BCUT2D eigenvalue weighted by Crippen LogP contribution is -2.53. The third-order valence-electron chi connectivity index (χ3n) is 4.15. The number of hydrogen-bond donors (Lipinski definition) is 2. The number of nitrogens with zero attached hydrogens (tertiary/aromatic N) is 2. The van der Waals surface area contributed by atoms with Crippen molar-refractivity contribution in [2.45, 2.75) is 31.1 Å². The molecule has 1 aliphatic heterocycles. The topological polar surface area (TPSA) is 139 Å². The maximum atomic E-state index is 12.0. The van der Waals surface area contributed by atoms with Crippen LogP contribution in [-0.4, -0.2) is 65.2 Å². The number of barbiturate groups is 1. The van der Waals surface area contributed by atoms with E-state index in [1.165, 1.54) is 20.2 Å². The number of nitro groups is 1. The molecule has 4 unspecified atom stereocenters. The molecule has 0 radical (unpaired) electrons. The van der Waals surface area contributed by atoms with Crippen molar-refractivity contribution in [1.29, 1.82) is 0 Å². The van der Waals surface area contributed by atoms with E-state index in [9.17, 15) is 29.6 Å². The summed E-state index contributed by atoms with van der Waals surface area (Å²) < 4.78 is 5.06. The van der Waals surface area contributed by atoms with Crippen LogP contribution in [0.3, 0.4) is 0 Å². The molecule has 0 aromatic rings. The van der Waals surface area contributed by atoms with E-state index >= 15 is 0 Å². The molecule has 2 rings (SSSR count). The number of nitrogens with one attached hydrogen (secondary N) is 1. The van der Waals surface area contributed by atoms with E-state index < -0.39 is 46.9 Å². The molecule has 0 aromatic heterocycles. The van der Waals surface area contributed by atoms with Crippen molar-refractivity contribution >= 4 is 17.8 Å². The minimum atomic E-state index is -1.09. The normalized spacial score (nSPS) is 33.8. The molecule has 2 aliphatic rings. The molecule has 126 valence electrons. The summed E-state index contributed by atoms with van der Waals surface area (Å²) in [4.78, 5) is 46.5. The summed E-state index contributed by atoms with van der Waals surface area (Å²) in [6, 6.07) is -1.80. The van der Waals surface area contributed by atoms with Gasteiger partial charge in [-0.15, -0.1) is 0 Å². The Kier molecular flexibility index (Phi) is 4.76. The smallest absolute Gasteiger partial charge is 0.331 e. The fraction of sp³-hybridized carbons (Fsp3) is 0.615. The highest BCUT2D eigenvalue weighted by molar-refractivity contribution is 6.28. The van der Waals surface area contributed by atoms with Crippen molar-refractivity contribution in [2.75, 3.05) is 14.2 Å². The Hall–Kier alpha value is -2.33. The average Bonchev–Trinajstić information content (AvgIpc) is 2.50. The van der Waals surface area contributed by atoms with Gasteiger partial charge in [0, 0.05) is 37.8 Å². The lowest BCUT2D eigenvalue weighted by Gasteiger charge is -2.34. The third kappa shape index (κ3) is 3.22. The predicted octanol–water partition coefficient (Wildman–Crippen LogP) is -0.948. The van der Waals surface area contributed by atoms with Crippen molar-refractivity contribution in [2.24, 2.45) is 5.92 Å². The van der Waals surface area contributed by atoms with Gasteiger partial charge in [0.1, 0.15) is 5.57 Å². The Balaban J connectivity index is 2.30. The molecule has 10 nitrogen and oxygen atoms in total. The van der Waals surface area contributed by atoms with E-state index in [1.54, 1.807) is 0 Å². The number of carbonyl (C=O) groups is 3. The first-order valence-corrected chi connectivity index (χ1v) is 6.95. The average molecular weight is 327 g/mol. The summed E-state index contributed by atoms with van der Waals surface area (Å²) in [7, 11) is 2.53. The van der Waals surface area contributed by atoms with E-state index in [2.05, 4.69) is 0 Å². The van der Waals surface area contributed by atoms with Crippen LogP contribution in [0.15, 0.2) is 11.6 Å². The van der Waals surface area contributed by atoms with Crippen LogP contribution in [0.2, 0.25) is 0 Å². The SMILES string of the molecule is COC1CC([N+](=O)[O-])CC(/C=C2\C(=O)NC(=O)N(C)C2=O)C1O. The van der Waals surface area contributed by atoms with E-state index in [-0.39, 0.29) is 18.4 Å². The number of methoxy groups -OCH3 is 1. The van der Waals surface area contributed by atoms with Crippen LogP contribution in [0, 0.1) is 16.0 Å². The molecule has 1 saturated carbocycles. The second kappa shape index (κ2) is 6.42. The Morgan fingerprint density at radius 2 is 2.04 bits per heavy atom. The summed E-state index contributed by atoms with van der Waals surface area (Å²) in [6.07, 6.45) is -0.666. The molecule has 2 fully saturated rings. The Morgan fingerprint density at radius 1 is 1.39 bits per heavy atom. The maximum Gasteiger partial charge on any atom is 0.331 e. The number of urea groups is 1. The molecule has 4 atom stereocenters. The summed E-state index contributed by atoms with van der Waals surface area (Å²) in [5.41, 5.74) is -0.324. The zero-order valence-electron chi connectivity index (χ0n) is 12.6. The van der Waals surface area contributed by atoms with Crippen LogP contribution in [-0.2, 0) is 14.3 Å². The lowest BCUT2D eigenvalue weighted by molar-refractivity contribution is -0.531. The maximum absolute atomic E-state index is 12.0. The van der Waals surface area contributed by atoms with Crippen LogP contribution in [0.5, 0.6) is 0 Å². The highest BCUT2D eigenvalue weighted by atomic mass is 16.6. The fourth-order valence-electron chi connectivity index (χ4n) is 2.79. The van der Waals surface area contributed by atoms with E-state index in [4.69, 9.17) is 4.74 Å². The molecule has 1 saturated heterocycles. The molecular weight excluding hydrogens is 310 g/mol. The highest BCUT2D eigenvalue weighted by Gasteiger charge is 2.43. The monoisotopic (exact) mass is 327 g/mol. The quantitative estimate of drug-likeness (QED) is 0.295. The zero-order chi connectivity index (χ0) is 17.3. The van der Waals surface area contributed by atoms with Crippen LogP contribution >= 0.6 is 0 Å². The molecule has 1 heterocycles. The first kappa shape index (κ1) is 17.0. The molecule has 2 N–H and O–H groups in total. The van der Waals surface area contributed by atoms with Gasteiger partial charge in [-0.2, -0.15) is 0 Å². The second-order valence-electron chi connectivity index (χ2n) is 5.54. The summed E-state index contributed by atoms with van der Waals surface area (Å²) in [5, 5.41) is 23.3. The van der Waals surface area contributed by atoms with Gasteiger partial charge in [0.25, 0.3) is 11.8 Å². The summed E-state index contributed by atoms with van der Waals surface area (Å²) in [5.74, 6) is -2.51. The number of hydrogen-bond acceptors (Lipinski definition) is 7. The van der Waals surface area contributed by atoms with E-state index in [0.29, 0.717) is 0 Å². The predicted molar refractivity (Wildman–Crippen MR) is 74.7 cm³/mol.